The largest absolute Gasteiger partial charge is 0.495 e. The number of ether oxygens (including phenoxy) is 1. The predicted octanol–water partition coefficient (Wildman–Crippen LogP) is 2.81. The molecule has 0 saturated heterocycles. The van der Waals surface area contributed by atoms with Crippen LogP contribution in [0.25, 0.3) is 0 Å². The van der Waals surface area contributed by atoms with Crippen molar-refractivity contribution < 1.29 is 9.53 Å². The van der Waals surface area contributed by atoms with Crippen molar-refractivity contribution in [1.82, 2.24) is 5.32 Å². The van der Waals surface area contributed by atoms with Crippen molar-refractivity contribution in [2.75, 3.05) is 7.11 Å². The van der Waals surface area contributed by atoms with Gasteiger partial charge in [-0.15, -0.1) is 0 Å². The number of benzene rings is 1. The zero-order valence-corrected chi connectivity index (χ0v) is 11.2. The smallest absolute Gasteiger partial charge is 0.224 e. The summed E-state index contributed by atoms with van der Waals surface area (Å²) >= 11 is 5.99. The molecule has 0 aliphatic heterocycles. The van der Waals surface area contributed by atoms with E-state index in [9.17, 15) is 4.79 Å². The maximum absolute atomic E-state index is 11.7. The van der Waals surface area contributed by atoms with Gasteiger partial charge in [-0.3, -0.25) is 4.79 Å². The second kappa shape index (κ2) is 6.50. The molecule has 0 saturated carbocycles. The van der Waals surface area contributed by atoms with Crippen LogP contribution in [0.4, 0.5) is 0 Å². The van der Waals surface area contributed by atoms with E-state index in [2.05, 4.69) is 5.32 Å². The summed E-state index contributed by atoms with van der Waals surface area (Å²) in [5.41, 5.74) is 0.886. The Morgan fingerprint density at radius 1 is 1.53 bits per heavy atom. The maximum atomic E-state index is 11.7. The van der Waals surface area contributed by atoms with Crippen molar-refractivity contribution in [2.24, 2.45) is 0 Å². The third kappa shape index (κ3) is 4.27. The summed E-state index contributed by atoms with van der Waals surface area (Å²) in [6, 6.07) is 5.59. The van der Waals surface area contributed by atoms with E-state index in [1.807, 2.05) is 19.9 Å². The third-order valence-electron chi connectivity index (χ3n) is 2.60. The Morgan fingerprint density at radius 3 is 2.76 bits per heavy atom. The van der Waals surface area contributed by atoms with Crippen LogP contribution < -0.4 is 10.1 Å². The molecule has 1 rings (SSSR count). The van der Waals surface area contributed by atoms with Crippen molar-refractivity contribution in [3.63, 3.8) is 0 Å². The second-order valence-electron chi connectivity index (χ2n) is 4.02. The van der Waals surface area contributed by atoms with E-state index in [4.69, 9.17) is 16.3 Å². The predicted molar refractivity (Wildman–Crippen MR) is 69.6 cm³/mol. The Kier molecular flexibility index (Phi) is 5.29. The lowest BCUT2D eigenvalue weighted by Gasteiger charge is -2.11. The molecule has 0 aliphatic rings. The Balaban J connectivity index is 2.63. The molecule has 0 radical (unpaired) electrons. The highest BCUT2D eigenvalue weighted by Crippen LogP contribution is 2.25. The van der Waals surface area contributed by atoms with Gasteiger partial charge in [-0.05, 0) is 31.0 Å². The topological polar surface area (TPSA) is 38.3 Å². The molecular formula is C13H18ClNO2. The second-order valence-corrected chi connectivity index (χ2v) is 4.43. The van der Waals surface area contributed by atoms with E-state index in [0.29, 0.717) is 17.2 Å². The van der Waals surface area contributed by atoms with Crippen molar-refractivity contribution in [3.05, 3.63) is 28.8 Å². The first-order valence-corrected chi connectivity index (χ1v) is 6.06. The molecule has 1 N–H and O–H groups in total. The van der Waals surface area contributed by atoms with E-state index in [-0.39, 0.29) is 11.9 Å². The third-order valence-corrected chi connectivity index (χ3v) is 2.90. The minimum Gasteiger partial charge on any atom is -0.495 e. The molecule has 1 unspecified atom stereocenters. The van der Waals surface area contributed by atoms with Gasteiger partial charge in [0.25, 0.3) is 0 Å². The van der Waals surface area contributed by atoms with Crippen LogP contribution in [0, 0.1) is 0 Å². The van der Waals surface area contributed by atoms with Crippen LogP contribution >= 0.6 is 11.6 Å². The van der Waals surface area contributed by atoms with Crippen LogP contribution in [0.2, 0.25) is 5.02 Å². The number of nitrogens with one attached hydrogen (secondary N) is 1. The molecular weight excluding hydrogens is 238 g/mol. The summed E-state index contributed by atoms with van der Waals surface area (Å²) in [6.07, 6.45) is 1.27. The number of rotatable bonds is 5. The SMILES string of the molecule is CCC(C)NC(=O)Cc1ccc(OC)c(Cl)c1. The summed E-state index contributed by atoms with van der Waals surface area (Å²) in [5.74, 6) is 0.637. The van der Waals surface area contributed by atoms with Gasteiger partial charge in [0.15, 0.2) is 0 Å². The van der Waals surface area contributed by atoms with E-state index >= 15 is 0 Å². The molecule has 17 heavy (non-hydrogen) atoms. The van der Waals surface area contributed by atoms with E-state index in [1.165, 1.54) is 0 Å². The van der Waals surface area contributed by atoms with Gasteiger partial charge in [-0.25, -0.2) is 0 Å². The Morgan fingerprint density at radius 2 is 2.24 bits per heavy atom. The first-order chi connectivity index (χ1) is 8.06. The summed E-state index contributed by atoms with van der Waals surface area (Å²) in [5, 5.41) is 3.44. The van der Waals surface area contributed by atoms with Crippen LogP contribution in [0.3, 0.4) is 0 Å². The van der Waals surface area contributed by atoms with Gasteiger partial charge in [0, 0.05) is 6.04 Å². The van der Waals surface area contributed by atoms with Crippen LogP contribution in [0.15, 0.2) is 18.2 Å². The van der Waals surface area contributed by atoms with E-state index in [1.54, 1.807) is 19.2 Å². The van der Waals surface area contributed by atoms with Crippen molar-refractivity contribution in [3.8, 4) is 5.75 Å². The number of hydrogen-bond acceptors (Lipinski definition) is 2. The molecule has 1 atom stereocenters. The average molecular weight is 256 g/mol. The fourth-order valence-electron chi connectivity index (χ4n) is 1.43. The minimum absolute atomic E-state index is 0.0144. The van der Waals surface area contributed by atoms with Crippen molar-refractivity contribution in [1.29, 1.82) is 0 Å². The molecule has 3 nitrogen and oxygen atoms in total. The Hall–Kier alpha value is -1.22. The quantitative estimate of drug-likeness (QED) is 0.879. The lowest BCUT2D eigenvalue weighted by atomic mass is 10.1. The number of hydrogen-bond donors (Lipinski definition) is 1. The highest BCUT2D eigenvalue weighted by Gasteiger charge is 2.08. The molecule has 0 bridgehead atoms. The lowest BCUT2D eigenvalue weighted by Crippen LogP contribution is -2.33. The first kappa shape index (κ1) is 13.8. The molecule has 0 heterocycles. The highest BCUT2D eigenvalue weighted by atomic mass is 35.5. The monoisotopic (exact) mass is 255 g/mol. The first-order valence-electron chi connectivity index (χ1n) is 5.68. The molecule has 94 valence electrons. The van der Waals surface area contributed by atoms with Gasteiger partial charge in [0.05, 0.1) is 18.6 Å². The Bertz CT molecular complexity index is 393. The summed E-state index contributed by atoms with van der Waals surface area (Å²) in [7, 11) is 1.57. The summed E-state index contributed by atoms with van der Waals surface area (Å²) < 4.78 is 5.05. The van der Waals surface area contributed by atoms with Gasteiger partial charge < -0.3 is 10.1 Å². The standard InChI is InChI=1S/C13H18ClNO2/c1-4-9(2)15-13(16)8-10-5-6-12(17-3)11(14)7-10/h5-7,9H,4,8H2,1-3H3,(H,15,16). The van der Waals surface area contributed by atoms with E-state index in [0.717, 1.165) is 12.0 Å². The van der Waals surface area contributed by atoms with Crippen LogP contribution in [0.1, 0.15) is 25.8 Å². The molecule has 0 aromatic heterocycles. The van der Waals surface area contributed by atoms with Crippen LogP contribution in [0.5, 0.6) is 5.75 Å². The number of carbonyl (C=O) groups excluding carboxylic acids is 1. The number of amides is 1. The molecule has 1 aromatic carbocycles. The minimum atomic E-state index is 0.0144. The average Bonchev–Trinajstić information content (AvgIpc) is 2.29. The molecule has 1 aromatic rings. The number of methoxy groups -OCH3 is 1. The van der Waals surface area contributed by atoms with Crippen LogP contribution in [-0.4, -0.2) is 19.1 Å². The fraction of sp³-hybridized carbons (Fsp3) is 0.462. The summed E-state index contributed by atoms with van der Waals surface area (Å²) in [6.45, 7) is 4.02. The zero-order chi connectivity index (χ0) is 12.8. The molecule has 1 amide bonds. The van der Waals surface area contributed by atoms with Crippen LogP contribution in [-0.2, 0) is 11.2 Å². The maximum Gasteiger partial charge on any atom is 0.224 e. The van der Waals surface area contributed by atoms with Gasteiger partial charge in [-0.1, -0.05) is 24.6 Å². The van der Waals surface area contributed by atoms with E-state index < -0.39 is 0 Å². The van der Waals surface area contributed by atoms with Gasteiger partial charge in [-0.2, -0.15) is 0 Å². The molecule has 0 spiro atoms. The van der Waals surface area contributed by atoms with Crippen molar-refractivity contribution in [2.45, 2.75) is 32.7 Å². The van der Waals surface area contributed by atoms with Gasteiger partial charge >= 0.3 is 0 Å². The Labute approximate surface area is 107 Å². The summed E-state index contributed by atoms with van der Waals surface area (Å²) in [4.78, 5) is 11.7. The number of carbonyl (C=O) groups is 1. The zero-order valence-electron chi connectivity index (χ0n) is 10.4. The highest BCUT2D eigenvalue weighted by molar-refractivity contribution is 6.32. The molecule has 0 fully saturated rings. The van der Waals surface area contributed by atoms with Gasteiger partial charge in [0.2, 0.25) is 5.91 Å². The molecule has 0 aliphatic carbocycles. The normalized spacial score (nSPS) is 12.0. The fourth-order valence-corrected chi connectivity index (χ4v) is 1.71. The number of halogens is 1. The van der Waals surface area contributed by atoms with Gasteiger partial charge in [0.1, 0.15) is 5.75 Å². The lowest BCUT2D eigenvalue weighted by molar-refractivity contribution is -0.121. The molecule has 4 heteroatoms. The van der Waals surface area contributed by atoms with Crippen molar-refractivity contribution >= 4 is 17.5 Å².